The zero-order valence-corrected chi connectivity index (χ0v) is 12.7. The molecule has 40 valence electrons. The van der Waals surface area contributed by atoms with Crippen molar-refractivity contribution in [2.24, 2.45) is 0 Å². The number of allylic oxidation sites excluding steroid dienone is 1. The Morgan fingerprint density at radius 1 is 1.57 bits per heavy atom. The van der Waals surface area contributed by atoms with Crippen LogP contribution in [0, 0.1) is 6.58 Å². The fraction of sp³-hybridized carbons (Fsp3) is 0.250. The SMILES string of the molecule is [CH-]=C(C)[CH]=[W].[W]=[W]. The third-order valence-electron chi connectivity index (χ3n) is 0.186. The number of rotatable bonds is 1. The fourth-order valence-corrected chi connectivity index (χ4v) is 0. The second-order valence-electron chi connectivity index (χ2n) is 0.862. The summed E-state index contributed by atoms with van der Waals surface area (Å²) in [5.41, 5.74) is 0.917. The van der Waals surface area contributed by atoms with Crippen molar-refractivity contribution in [1.29, 1.82) is 0 Å². The molecule has 0 saturated heterocycles. The van der Waals surface area contributed by atoms with Gasteiger partial charge in [0.05, 0.1) is 0 Å². The molecular weight excluding hydrogens is 600 g/mol. The van der Waals surface area contributed by atoms with E-state index < -0.39 is 0 Å². The predicted octanol–water partition coefficient (Wildman–Crippen LogP) is 0.710. The molecule has 0 bridgehead atoms. The van der Waals surface area contributed by atoms with Gasteiger partial charge in [-0.3, -0.25) is 0 Å². The van der Waals surface area contributed by atoms with Crippen LogP contribution in [0.5, 0.6) is 0 Å². The van der Waals surface area contributed by atoms with Crippen LogP contribution in [0.2, 0.25) is 0 Å². The first-order valence-corrected chi connectivity index (χ1v) is 14.2. The van der Waals surface area contributed by atoms with E-state index in [0.29, 0.717) is 0 Å². The van der Waals surface area contributed by atoms with Gasteiger partial charge in [0.1, 0.15) is 0 Å². The molecule has 0 aromatic carbocycles. The van der Waals surface area contributed by atoms with Crippen LogP contribution in [0.1, 0.15) is 6.92 Å². The monoisotopic (exact) mass is 605 g/mol. The zero-order valence-electron chi connectivity index (χ0n) is 3.88. The van der Waals surface area contributed by atoms with Crippen molar-refractivity contribution in [2.75, 3.05) is 0 Å². The molecule has 0 amide bonds. The molecule has 0 aliphatic heterocycles. The molecule has 0 heterocycles. The Bertz CT molecular complexity index is 67.3. The molecule has 0 fully saturated rings. The summed E-state index contributed by atoms with van der Waals surface area (Å²) in [6, 6.07) is 0. The van der Waals surface area contributed by atoms with Crippen LogP contribution in [-0.2, 0) is 51.8 Å². The first-order valence-electron chi connectivity index (χ1n) is 1.48. The van der Waals surface area contributed by atoms with Crippen LogP contribution in [0.4, 0.5) is 0 Å². The van der Waals surface area contributed by atoms with Gasteiger partial charge >= 0.3 is 75.3 Å². The molecule has 0 unspecified atom stereocenters. The van der Waals surface area contributed by atoms with E-state index in [-0.39, 0.29) is 0 Å². The normalized spacial score (nSPS) is 5.29. The molecule has 0 aliphatic rings. The van der Waals surface area contributed by atoms with E-state index in [1.165, 1.54) is 19.4 Å². The summed E-state index contributed by atoms with van der Waals surface area (Å²) >= 11 is 4.75. The summed E-state index contributed by atoms with van der Waals surface area (Å²) in [5, 5.41) is 0. The molecule has 0 nitrogen and oxygen atoms in total. The Balaban J connectivity index is 0. The second-order valence-corrected chi connectivity index (χ2v) is 1.71. The molecule has 7 heavy (non-hydrogen) atoms. The van der Waals surface area contributed by atoms with Crippen molar-refractivity contribution in [3.8, 4) is 0 Å². The van der Waals surface area contributed by atoms with Crippen molar-refractivity contribution in [3.05, 3.63) is 12.2 Å². The molecule has 0 atom stereocenters. The van der Waals surface area contributed by atoms with Crippen LogP contribution >= 0.6 is 0 Å². The Kier molecular flexibility index (Phi) is 17.4. The van der Waals surface area contributed by atoms with Crippen LogP contribution in [0.25, 0.3) is 0 Å². The van der Waals surface area contributed by atoms with Gasteiger partial charge in [0.2, 0.25) is 0 Å². The molecule has 0 radical (unpaired) electrons. The molecule has 0 aromatic rings. The molecule has 0 aromatic heterocycles. The average molecular weight is 605 g/mol. The summed E-state index contributed by atoms with van der Waals surface area (Å²) in [6.07, 6.45) is 0. The predicted molar refractivity (Wildman–Crippen MR) is 19.6 cm³/mol. The molecule has 3 heteroatoms. The summed E-state index contributed by atoms with van der Waals surface area (Å²) in [7, 11) is 0. The zero-order chi connectivity index (χ0) is 6.28. The molecule has 0 rings (SSSR count). The second kappa shape index (κ2) is 10.6. The summed E-state index contributed by atoms with van der Waals surface area (Å²) < 4.78 is 1.94. The van der Waals surface area contributed by atoms with E-state index >= 15 is 0 Å². The van der Waals surface area contributed by atoms with Crippen molar-refractivity contribution in [1.82, 2.24) is 0 Å². The van der Waals surface area contributed by atoms with Gasteiger partial charge < -0.3 is 0 Å². The maximum atomic E-state index is 5.17. The van der Waals surface area contributed by atoms with Gasteiger partial charge in [-0.15, -0.1) is 0 Å². The van der Waals surface area contributed by atoms with Gasteiger partial charge in [-0.2, -0.15) is 0 Å². The minimum absolute atomic E-state index is 0.917. The Labute approximate surface area is 74.4 Å². The van der Waals surface area contributed by atoms with E-state index in [1.807, 2.05) is 11.3 Å². The first-order chi connectivity index (χ1) is 3.27. The molecular formula is C4H5W3-. The minimum atomic E-state index is 0.917. The van der Waals surface area contributed by atoms with Gasteiger partial charge in [0.15, 0.2) is 0 Å². The fourth-order valence-electron chi connectivity index (χ4n) is 0. The van der Waals surface area contributed by atoms with Crippen LogP contribution < -0.4 is 0 Å². The van der Waals surface area contributed by atoms with Gasteiger partial charge in [-0.25, -0.2) is 0 Å². The standard InChI is InChI=1S/C4H5.3W/c1-4(2)3;;;/h1-2H,3H3;;;/q-1;;;. The van der Waals surface area contributed by atoms with E-state index in [0.717, 1.165) is 5.57 Å². The van der Waals surface area contributed by atoms with E-state index in [9.17, 15) is 0 Å². The summed E-state index contributed by atoms with van der Waals surface area (Å²) in [4.78, 5) is 0. The third-order valence-corrected chi connectivity index (χ3v) is 1.52. The molecule has 0 saturated carbocycles. The Morgan fingerprint density at radius 3 is 1.71 bits per heavy atom. The van der Waals surface area contributed by atoms with Gasteiger partial charge in [0, 0.05) is 0 Å². The average Bonchev–Trinajstić information content (AvgIpc) is 1.73. The Morgan fingerprint density at radius 2 is 1.71 bits per heavy atom. The van der Waals surface area contributed by atoms with Gasteiger partial charge in [-0.05, 0) is 0 Å². The van der Waals surface area contributed by atoms with Crippen LogP contribution in [0.3, 0.4) is 0 Å². The summed E-state index contributed by atoms with van der Waals surface area (Å²) in [5.74, 6) is 0. The van der Waals surface area contributed by atoms with Crippen molar-refractivity contribution < 1.29 is 51.8 Å². The topological polar surface area (TPSA) is 0 Å². The molecule has 0 aliphatic carbocycles. The van der Waals surface area contributed by atoms with Gasteiger partial charge in [0.25, 0.3) is 0 Å². The number of hydrogen-bond donors (Lipinski definition) is 0. The third kappa shape index (κ3) is 18.3. The molecule has 0 N–H and O–H groups in total. The van der Waals surface area contributed by atoms with E-state index in [4.69, 9.17) is 6.58 Å². The Hall–Kier alpha value is 1.67. The maximum absolute atomic E-state index is 5.17. The van der Waals surface area contributed by atoms with Crippen molar-refractivity contribution in [3.63, 3.8) is 0 Å². The first kappa shape index (κ1) is 11.5. The van der Waals surface area contributed by atoms with Crippen LogP contribution in [-0.4, -0.2) is 4.40 Å². The van der Waals surface area contributed by atoms with Crippen molar-refractivity contribution >= 4 is 4.40 Å². The summed E-state index contributed by atoms with van der Waals surface area (Å²) in [6.45, 7) is 7.06. The van der Waals surface area contributed by atoms with Gasteiger partial charge in [-0.1, -0.05) is 0 Å². The number of hydrogen-bond acceptors (Lipinski definition) is 0. The van der Waals surface area contributed by atoms with Crippen LogP contribution in [0.15, 0.2) is 5.57 Å². The van der Waals surface area contributed by atoms with Crippen molar-refractivity contribution in [2.45, 2.75) is 6.92 Å². The van der Waals surface area contributed by atoms with E-state index in [2.05, 4.69) is 0 Å². The molecule has 0 spiro atoms. The van der Waals surface area contributed by atoms with E-state index in [1.54, 1.807) is 32.4 Å². The quantitative estimate of drug-likeness (QED) is 0.387.